The van der Waals surface area contributed by atoms with Crippen LogP contribution in [0.25, 0.3) is 0 Å². The molecule has 0 aromatic heterocycles. The third-order valence-electron chi connectivity index (χ3n) is 1.08. The summed E-state index contributed by atoms with van der Waals surface area (Å²) in [4.78, 5) is 10.2. The second-order valence-electron chi connectivity index (χ2n) is 2.40. The summed E-state index contributed by atoms with van der Waals surface area (Å²) < 4.78 is 0. The number of hydrogen-bond acceptors (Lipinski definition) is 1. The lowest BCUT2D eigenvalue weighted by atomic mass is 10.0. The Hall–Kier alpha value is -0.790. The first kappa shape index (κ1) is 8.21. The number of aliphatic carboxylic acids is 1. The van der Waals surface area contributed by atoms with Gasteiger partial charge in [-0.15, -0.1) is 6.58 Å². The van der Waals surface area contributed by atoms with Gasteiger partial charge in [0, 0.05) is 0 Å². The third kappa shape index (κ3) is 3.76. The van der Waals surface area contributed by atoms with Crippen LogP contribution in [0.4, 0.5) is 0 Å². The maximum atomic E-state index is 10.2. The van der Waals surface area contributed by atoms with Gasteiger partial charge < -0.3 is 5.11 Å². The summed E-state index contributed by atoms with van der Waals surface area (Å²) in [5.41, 5.74) is 0.921. The van der Waals surface area contributed by atoms with Crippen LogP contribution < -0.4 is 0 Å². The smallest absolute Gasteiger partial charge is 0.306 e. The molecule has 1 N–H and O–H groups in total. The van der Waals surface area contributed by atoms with Gasteiger partial charge in [-0.1, -0.05) is 12.5 Å². The maximum absolute atomic E-state index is 10.2. The van der Waals surface area contributed by atoms with Crippen molar-refractivity contribution in [2.24, 2.45) is 5.92 Å². The average Bonchev–Trinajstić information content (AvgIpc) is 1.63. The summed E-state index contributed by atoms with van der Waals surface area (Å²) >= 11 is 0. The first-order valence-electron chi connectivity index (χ1n) is 2.91. The van der Waals surface area contributed by atoms with Crippen LogP contribution in [0.1, 0.15) is 20.3 Å². The summed E-state index contributed by atoms with van der Waals surface area (Å²) in [5, 5.41) is 8.39. The van der Waals surface area contributed by atoms with Crippen LogP contribution in [0.15, 0.2) is 12.2 Å². The van der Waals surface area contributed by atoms with Gasteiger partial charge in [0.1, 0.15) is 0 Å². The van der Waals surface area contributed by atoms with Crippen LogP contribution in [-0.4, -0.2) is 11.1 Å². The highest BCUT2D eigenvalue weighted by atomic mass is 16.4. The average molecular weight is 128 g/mol. The minimum Gasteiger partial charge on any atom is -0.481 e. The zero-order valence-corrected chi connectivity index (χ0v) is 5.85. The molecule has 0 radical (unpaired) electrons. The van der Waals surface area contributed by atoms with Crippen molar-refractivity contribution in [1.29, 1.82) is 0 Å². The Bertz CT molecular complexity index is 127. The lowest BCUT2D eigenvalue weighted by Crippen LogP contribution is -2.08. The van der Waals surface area contributed by atoms with Crippen molar-refractivity contribution in [1.82, 2.24) is 0 Å². The van der Waals surface area contributed by atoms with Gasteiger partial charge in [0.05, 0.1) is 5.92 Å². The van der Waals surface area contributed by atoms with Gasteiger partial charge >= 0.3 is 5.97 Å². The van der Waals surface area contributed by atoms with Crippen LogP contribution in [-0.2, 0) is 4.79 Å². The lowest BCUT2D eigenvalue weighted by molar-refractivity contribution is -0.141. The van der Waals surface area contributed by atoms with E-state index in [0.717, 1.165) is 5.57 Å². The number of carboxylic acids is 1. The largest absolute Gasteiger partial charge is 0.481 e. The van der Waals surface area contributed by atoms with E-state index in [4.69, 9.17) is 5.11 Å². The molecule has 9 heavy (non-hydrogen) atoms. The van der Waals surface area contributed by atoms with E-state index in [2.05, 4.69) is 6.58 Å². The topological polar surface area (TPSA) is 37.3 Å². The normalized spacial score (nSPS) is 12.7. The van der Waals surface area contributed by atoms with Gasteiger partial charge in [-0.2, -0.15) is 0 Å². The van der Waals surface area contributed by atoms with Crippen LogP contribution in [0.3, 0.4) is 0 Å². The predicted octanol–water partition coefficient (Wildman–Crippen LogP) is 1.67. The van der Waals surface area contributed by atoms with Crippen LogP contribution in [0.5, 0.6) is 0 Å². The van der Waals surface area contributed by atoms with E-state index < -0.39 is 5.97 Å². The number of carbonyl (C=O) groups is 1. The second kappa shape index (κ2) is 3.28. The molecule has 0 saturated carbocycles. The predicted molar refractivity (Wildman–Crippen MR) is 36.2 cm³/mol. The van der Waals surface area contributed by atoms with Gasteiger partial charge in [-0.3, -0.25) is 4.79 Å². The van der Waals surface area contributed by atoms with Gasteiger partial charge in [0.2, 0.25) is 0 Å². The summed E-state index contributed by atoms with van der Waals surface area (Å²) in [6, 6.07) is 0. The summed E-state index contributed by atoms with van der Waals surface area (Å²) in [7, 11) is 0. The number of hydrogen-bond donors (Lipinski definition) is 1. The molecule has 0 spiro atoms. The van der Waals surface area contributed by atoms with Crippen LogP contribution >= 0.6 is 0 Å². The van der Waals surface area contributed by atoms with E-state index in [1.165, 1.54) is 0 Å². The zero-order chi connectivity index (χ0) is 7.44. The first-order chi connectivity index (χ1) is 4.04. The van der Waals surface area contributed by atoms with Crippen molar-refractivity contribution < 1.29 is 9.90 Å². The van der Waals surface area contributed by atoms with Gasteiger partial charge in [0.25, 0.3) is 0 Å². The molecule has 0 rings (SSSR count). The highest BCUT2D eigenvalue weighted by Crippen LogP contribution is 2.07. The van der Waals surface area contributed by atoms with E-state index in [0.29, 0.717) is 6.42 Å². The Kier molecular flexibility index (Phi) is 2.99. The maximum Gasteiger partial charge on any atom is 0.306 e. The Balaban J connectivity index is 3.63. The van der Waals surface area contributed by atoms with Crippen molar-refractivity contribution in [2.75, 3.05) is 0 Å². The molecule has 0 aromatic rings. The fraction of sp³-hybridized carbons (Fsp3) is 0.571. The summed E-state index contributed by atoms with van der Waals surface area (Å²) in [6.45, 7) is 7.12. The molecule has 0 bridgehead atoms. The van der Waals surface area contributed by atoms with Crippen molar-refractivity contribution in [3.05, 3.63) is 12.2 Å². The molecule has 0 fully saturated rings. The van der Waals surface area contributed by atoms with E-state index in [-0.39, 0.29) is 5.92 Å². The van der Waals surface area contributed by atoms with E-state index >= 15 is 0 Å². The standard InChI is InChI=1S/C7H12O2/c1-5(2)4-6(3)7(8)9/h6H,1,4H2,2-3H3,(H,8,9)/t6-/m0/s1. The van der Waals surface area contributed by atoms with E-state index in [9.17, 15) is 4.79 Å². The SMILES string of the molecule is C=C(C)C[C@H](C)C(=O)O. The molecular weight excluding hydrogens is 116 g/mol. The Morgan fingerprint density at radius 1 is 1.78 bits per heavy atom. The number of carboxylic acid groups (broad SMARTS) is 1. The lowest BCUT2D eigenvalue weighted by Gasteiger charge is -2.02. The fourth-order valence-corrected chi connectivity index (χ4v) is 0.610. The van der Waals surface area contributed by atoms with Crippen LogP contribution in [0.2, 0.25) is 0 Å². The molecule has 0 heterocycles. The quantitative estimate of drug-likeness (QED) is 0.587. The minimum atomic E-state index is -0.752. The Labute approximate surface area is 55.2 Å². The molecule has 0 aliphatic rings. The molecule has 0 aliphatic heterocycles. The highest BCUT2D eigenvalue weighted by Gasteiger charge is 2.09. The fourth-order valence-electron chi connectivity index (χ4n) is 0.610. The molecule has 1 atom stereocenters. The molecular formula is C7H12O2. The van der Waals surface area contributed by atoms with Gasteiger partial charge in [0.15, 0.2) is 0 Å². The molecule has 0 aromatic carbocycles. The molecule has 0 saturated heterocycles. The van der Waals surface area contributed by atoms with Crippen LogP contribution in [0, 0.1) is 5.92 Å². The molecule has 52 valence electrons. The summed E-state index contributed by atoms with van der Waals surface area (Å²) in [6.07, 6.45) is 0.579. The molecule has 2 nitrogen and oxygen atoms in total. The number of allylic oxidation sites excluding steroid dienone is 1. The highest BCUT2D eigenvalue weighted by molar-refractivity contribution is 5.69. The molecule has 0 unspecified atom stereocenters. The monoisotopic (exact) mass is 128 g/mol. The Morgan fingerprint density at radius 2 is 2.22 bits per heavy atom. The van der Waals surface area contributed by atoms with Crippen molar-refractivity contribution in [3.63, 3.8) is 0 Å². The molecule has 2 heteroatoms. The van der Waals surface area contributed by atoms with Crippen molar-refractivity contribution in [3.8, 4) is 0 Å². The van der Waals surface area contributed by atoms with Crippen molar-refractivity contribution in [2.45, 2.75) is 20.3 Å². The van der Waals surface area contributed by atoms with Gasteiger partial charge in [-0.25, -0.2) is 0 Å². The zero-order valence-electron chi connectivity index (χ0n) is 5.85. The minimum absolute atomic E-state index is 0.289. The number of rotatable bonds is 3. The first-order valence-corrected chi connectivity index (χ1v) is 2.91. The van der Waals surface area contributed by atoms with Gasteiger partial charge in [-0.05, 0) is 13.3 Å². The molecule has 0 aliphatic carbocycles. The summed E-state index contributed by atoms with van der Waals surface area (Å²) in [5.74, 6) is -1.04. The third-order valence-corrected chi connectivity index (χ3v) is 1.08. The van der Waals surface area contributed by atoms with E-state index in [1.807, 2.05) is 6.92 Å². The molecule has 0 amide bonds. The van der Waals surface area contributed by atoms with E-state index in [1.54, 1.807) is 6.92 Å². The second-order valence-corrected chi connectivity index (χ2v) is 2.40. The van der Waals surface area contributed by atoms with Crippen molar-refractivity contribution >= 4 is 5.97 Å². The Morgan fingerprint density at radius 3 is 2.33 bits per heavy atom.